The van der Waals surface area contributed by atoms with Gasteiger partial charge in [0.25, 0.3) is 0 Å². The molecule has 174 valence electrons. The Morgan fingerprint density at radius 3 is 2.39 bits per heavy atom. The minimum atomic E-state index is 0.451. The van der Waals surface area contributed by atoms with Gasteiger partial charge in [-0.2, -0.15) is 0 Å². The van der Waals surface area contributed by atoms with E-state index in [0.717, 1.165) is 59.5 Å². The van der Waals surface area contributed by atoms with Crippen molar-refractivity contribution in [1.82, 2.24) is 15.6 Å². The number of guanidine groups is 1. The van der Waals surface area contributed by atoms with Crippen LogP contribution in [0.25, 0.3) is 0 Å². The number of benzene rings is 2. The number of hydrogen-bond donors (Lipinski definition) is 2. The summed E-state index contributed by atoms with van der Waals surface area (Å²) in [7, 11) is 3.29. The van der Waals surface area contributed by atoms with Crippen LogP contribution in [0.3, 0.4) is 0 Å². The second-order valence-electron chi connectivity index (χ2n) is 7.31. The molecule has 7 nitrogen and oxygen atoms in total. The Balaban J connectivity index is 1.50. The van der Waals surface area contributed by atoms with Gasteiger partial charge >= 0.3 is 0 Å². The maximum absolute atomic E-state index is 5.80. The van der Waals surface area contributed by atoms with E-state index in [1.807, 2.05) is 60.7 Å². The summed E-state index contributed by atoms with van der Waals surface area (Å²) >= 11 is 0. The van der Waals surface area contributed by atoms with Gasteiger partial charge < -0.3 is 24.8 Å². The van der Waals surface area contributed by atoms with E-state index >= 15 is 0 Å². The first-order valence-corrected chi connectivity index (χ1v) is 11.1. The predicted molar refractivity (Wildman–Crippen MR) is 131 cm³/mol. The van der Waals surface area contributed by atoms with Crippen molar-refractivity contribution in [2.45, 2.75) is 26.5 Å². The first kappa shape index (κ1) is 23.9. The lowest BCUT2D eigenvalue weighted by molar-refractivity contribution is 0.301. The minimum Gasteiger partial charge on any atom is -0.493 e. The van der Waals surface area contributed by atoms with Gasteiger partial charge in [-0.25, -0.2) is 4.99 Å². The molecule has 2 aromatic carbocycles. The highest BCUT2D eigenvalue weighted by Crippen LogP contribution is 2.27. The van der Waals surface area contributed by atoms with Crippen molar-refractivity contribution in [2.75, 3.05) is 27.3 Å². The van der Waals surface area contributed by atoms with Crippen molar-refractivity contribution >= 4 is 5.96 Å². The van der Waals surface area contributed by atoms with E-state index in [1.165, 1.54) is 0 Å². The number of ether oxygens (including phenoxy) is 3. The fourth-order valence-electron chi connectivity index (χ4n) is 3.21. The second-order valence-corrected chi connectivity index (χ2v) is 7.31. The lowest BCUT2D eigenvalue weighted by Gasteiger charge is -2.13. The average Bonchev–Trinajstić information content (AvgIpc) is 2.87. The largest absolute Gasteiger partial charge is 0.493 e. The number of aliphatic imine (C=N–C) groups is 1. The number of methoxy groups -OCH3 is 2. The van der Waals surface area contributed by atoms with Crippen LogP contribution < -0.4 is 24.8 Å². The molecule has 2 N–H and O–H groups in total. The highest BCUT2D eigenvalue weighted by Gasteiger charge is 2.05. The molecule has 0 fully saturated rings. The first-order chi connectivity index (χ1) is 16.2. The molecular weight excluding hydrogens is 416 g/mol. The van der Waals surface area contributed by atoms with Crippen LogP contribution in [-0.4, -0.2) is 38.3 Å². The zero-order valence-electron chi connectivity index (χ0n) is 19.5. The standard InChI is InChI=1S/C26H32N4O3/c1-4-27-26(29-16-14-20-10-13-24(31-2)25(17-20)32-3)30-18-21-8-11-23(12-9-21)33-19-22-7-5-6-15-28-22/h5-13,15,17H,4,14,16,18-19H2,1-3H3,(H2,27,29,30). The maximum atomic E-state index is 5.80. The molecule has 7 heteroatoms. The van der Waals surface area contributed by atoms with E-state index in [4.69, 9.17) is 19.2 Å². The summed E-state index contributed by atoms with van der Waals surface area (Å²) in [6.07, 6.45) is 2.61. The molecule has 0 amide bonds. The SMILES string of the molecule is CCNC(=NCc1ccc(OCc2ccccn2)cc1)NCCc1ccc(OC)c(OC)c1. The topological polar surface area (TPSA) is 77.0 Å². The number of hydrogen-bond acceptors (Lipinski definition) is 5. The monoisotopic (exact) mass is 448 g/mol. The summed E-state index contributed by atoms with van der Waals surface area (Å²) in [6.45, 7) is 4.63. The third kappa shape index (κ3) is 7.71. The van der Waals surface area contributed by atoms with Gasteiger partial charge in [-0.15, -0.1) is 0 Å². The van der Waals surface area contributed by atoms with Gasteiger partial charge in [-0.1, -0.05) is 24.3 Å². The van der Waals surface area contributed by atoms with Crippen LogP contribution in [-0.2, 0) is 19.6 Å². The Morgan fingerprint density at radius 2 is 1.70 bits per heavy atom. The van der Waals surface area contributed by atoms with E-state index in [-0.39, 0.29) is 0 Å². The molecule has 0 unspecified atom stereocenters. The zero-order chi connectivity index (χ0) is 23.3. The molecule has 1 aromatic heterocycles. The molecule has 3 aromatic rings. The molecule has 1 heterocycles. The summed E-state index contributed by atoms with van der Waals surface area (Å²) in [5.74, 6) is 3.07. The van der Waals surface area contributed by atoms with Crippen LogP contribution in [0.1, 0.15) is 23.7 Å². The fraction of sp³-hybridized carbons (Fsp3) is 0.308. The smallest absolute Gasteiger partial charge is 0.191 e. The number of rotatable bonds is 11. The molecule has 0 saturated heterocycles. The summed E-state index contributed by atoms with van der Waals surface area (Å²) < 4.78 is 16.5. The average molecular weight is 449 g/mol. The molecule has 0 aliphatic carbocycles. The Labute approximate surface area is 195 Å². The highest BCUT2D eigenvalue weighted by molar-refractivity contribution is 5.79. The second kappa shape index (κ2) is 13.0. The summed E-state index contributed by atoms with van der Waals surface area (Å²) in [5.41, 5.74) is 3.18. The zero-order valence-corrected chi connectivity index (χ0v) is 19.5. The van der Waals surface area contributed by atoms with E-state index < -0.39 is 0 Å². The Bertz CT molecular complexity index is 1010. The highest BCUT2D eigenvalue weighted by atomic mass is 16.5. The van der Waals surface area contributed by atoms with Gasteiger partial charge in [-0.3, -0.25) is 4.98 Å². The molecular formula is C26H32N4O3. The lowest BCUT2D eigenvalue weighted by atomic mass is 10.1. The van der Waals surface area contributed by atoms with Crippen molar-refractivity contribution in [2.24, 2.45) is 4.99 Å². The van der Waals surface area contributed by atoms with E-state index in [2.05, 4.69) is 22.5 Å². The normalized spacial score (nSPS) is 11.1. The molecule has 0 aliphatic rings. The van der Waals surface area contributed by atoms with Crippen molar-refractivity contribution in [3.05, 3.63) is 83.7 Å². The molecule has 0 aliphatic heterocycles. The molecule has 0 radical (unpaired) electrons. The molecule has 0 spiro atoms. The lowest BCUT2D eigenvalue weighted by Crippen LogP contribution is -2.38. The van der Waals surface area contributed by atoms with Crippen LogP contribution in [0.15, 0.2) is 71.9 Å². The van der Waals surface area contributed by atoms with Crippen molar-refractivity contribution in [1.29, 1.82) is 0 Å². The number of pyridine rings is 1. The minimum absolute atomic E-state index is 0.451. The molecule has 0 bridgehead atoms. The van der Waals surface area contributed by atoms with Gasteiger partial charge in [0.05, 0.1) is 26.5 Å². The summed E-state index contributed by atoms with van der Waals surface area (Å²) in [6, 6.07) is 19.8. The Morgan fingerprint density at radius 1 is 0.909 bits per heavy atom. The number of nitrogens with zero attached hydrogens (tertiary/aromatic N) is 2. The number of aromatic nitrogens is 1. The van der Waals surface area contributed by atoms with Crippen molar-refractivity contribution in [3.63, 3.8) is 0 Å². The molecule has 0 atom stereocenters. The molecule has 33 heavy (non-hydrogen) atoms. The van der Waals surface area contributed by atoms with Crippen LogP contribution >= 0.6 is 0 Å². The van der Waals surface area contributed by atoms with Crippen LogP contribution in [0.5, 0.6) is 17.2 Å². The van der Waals surface area contributed by atoms with Gasteiger partial charge in [-0.05, 0) is 60.9 Å². The van der Waals surface area contributed by atoms with E-state index in [0.29, 0.717) is 13.2 Å². The predicted octanol–water partition coefficient (Wildman–Crippen LogP) is 3.98. The van der Waals surface area contributed by atoms with Gasteiger partial charge in [0, 0.05) is 19.3 Å². The Hall–Kier alpha value is -3.74. The van der Waals surface area contributed by atoms with E-state index in [1.54, 1.807) is 20.4 Å². The summed E-state index contributed by atoms with van der Waals surface area (Å²) in [5, 5.41) is 6.68. The van der Waals surface area contributed by atoms with Gasteiger partial charge in [0.15, 0.2) is 17.5 Å². The fourth-order valence-corrected chi connectivity index (χ4v) is 3.21. The van der Waals surface area contributed by atoms with Gasteiger partial charge in [0.2, 0.25) is 0 Å². The van der Waals surface area contributed by atoms with Gasteiger partial charge in [0.1, 0.15) is 12.4 Å². The molecule has 3 rings (SSSR count). The third-order valence-electron chi connectivity index (χ3n) is 4.95. The quantitative estimate of drug-likeness (QED) is 0.341. The number of nitrogens with one attached hydrogen (secondary N) is 2. The van der Waals surface area contributed by atoms with Crippen LogP contribution in [0, 0.1) is 0 Å². The first-order valence-electron chi connectivity index (χ1n) is 11.1. The van der Waals surface area contributed by atoms with E-state index in [9.17, 15) is 0 Å². The van der Waals surface area contributed by atoms with Crippen molar-refractivity contribution < 1.29 is 14.2 Å². The molecule has 0 saturated carbocycles. The third-order valence-corrected chi connectivity index (χ3v) is 4.95. The maximum Gasteiger partial charge on any atom is 0.191 e. The van der Waals surface area contributed by atoms with Crippen LogP contribution in [0.4, 0.5) is 0 Å². The van der Waals surface area contributed by atoms with Crippen molar-refractivity contribution in [3.8, 4) is 17.2 Å². The van der Waals surface area contributed by atoms with Crippen LogP contribution in [0.2, 0.25) is 0 Å². The summed E-state index contributed by atoms with van der Waals surface area (Å²) in [4.78, 5) is 8.97. The Kier molecular flexibility index (Phi) is 9.39.